The van der Waals surface area contributed by atoms with Gasteiger partial charge in [-0.15, -0.1) is 0 Å². The minimum absolute atomic E-state index is 0.0815. The predicted molar refractivity (Wildman–Crippen MR) is 85.6 cm³/mol. The van der Waals surface area contributed by atoms with Crippen molar-refractivity contribution in [3.63, 3.8) is 0 Å². The molecule has 0 spiro atoms. The van der Waals surface area contributed by atoms with Crippen molar-refractivity contribution in [1.29, 1.82) is 0 Å². The van der Waals surface area contributed by atoms with E-state index in [-0.39, 0.29) is 11.6 Å². The zero-order valence-corrected chi connectivity index (χ0v) is 13.5. The smallest absolute Gasteiger partial charge is 0.313 e. The highest BCUT2D eigenvalue weighted by Crippen LogP contribution is 2.27. The van der Waals surface area contributed by atoms with E-state index in [1.165, 1.54) is 6.07 Å². The molecule has 1 aromatic carbocycles. The van der Waals surface area contributed by atoms with E-state index in [2.05, 4.69) is 11.9 Å². The van der Waals surface area contributed by atoms with Crippen molar-refractivity contribution in [2.45, 2.75) is 18.6 Å². The number of hydrogen-bond acceptors (Lipinski definition) is 4. The Kier molecular flexibility index (Phi) is 5.52. The second-order valence-electron chi connectivity index (χ2n) is 4.86. The van der Waals surface area contributed by atoms with Crippen molar-refractivity contribution < 1.29 is 14.3 Å². The number of para-hydroxylation sites is 1. The Balaban J connectivity index is 2.39. The van der Waals surface area contributed by atoms with Crippen LogP contribution in [0.15, 0.2) is 23.4 Å². The Bertz CT molecular complexity index is 645. The predicted octanol–water partition coefficient (Wildman–Crippen LogP) is 3.35. The third-order valence-corrected chi connectivity index (χ3v) is 4.83. The van der Waals surface area contributed by atoms with Crippen LogP contribution in [0.5, 0.6) is 0 Å². The van der Waals surface area contributed by atoms with Crippen LogP contribution in [-0.4, -0.2) is 38.4 Å². The Morgan fingerprint density at radius 2 is 2.29 bits per heavy atom. The zero-order chi connectivity index (χ0) is 15.4. The molecule has 0 fully saturated rings. The van der Waals surface area contributed by atoms with Gasteiger partial charge >= 0.3 is 5.97 Å². The molecule has 0 aliphatic rings. The highest BCUT2D eigenvalue weighted by atomic mass is 32.2. The fourth-order valence-corrected chi connectivity index (χ4v) is 3.56. The molecule has 21 heavy (non-hydrogen) atoms. The Labute approximate surface area is 131 Å². The molecular formula is C14H17FN2O2S2. The summed E-state index contributed by atoms with van der Waals surface area (Å²) in [6.45, 7) is 2.82. The molecular weight excluding hydrogens is 311 g/mol. The largest absolute Gasteiger partial charge is 0.481 e. The lowest BCUT2D eigenvalue weighted by atomic mass is 10.2. The molecule has 7 heteroatoms. The molecule has 0 amide bonds. The van der Waals surface area contributed by atoms with E-state index in [0.29, 0.717) is 23.1 Å². The topological polar surface area (TPSA) is 55.1 Å². The van der Waals surface area contributed by atoms with Gasteiger partial charge < -0.3 is 9.67 Å². The molecule has 0 bridgehead atoms. The van der Waals surface area contributed by atoms with Crippen LogP contribution in [0.1, 0.15) is 6.92 Å². The number of aromatic nitrogens is 2. The number of rotatable bonds is 7. The van der Waals surface area contributed by atoms with Crippen LogP contribution in [0, 0.1) is 11.7 Å². The summed E-state index contributed by atoms with van der Waals surface area (Å²) in [5, 5.41) is 9.39. The number of carboxylic acid groups (broad SMARTS) is 1. The van der Waals surface area contributed by atoms with Crippen molar-refractivity contribution in [2.75, 3.05) is 17.8 Å². The lowest BCUT2D eigenvalue weighted by Crippen LogP contribution is -2.11. The lowest BCUT2D eigenvalue weighted by molar-refractivity contribution is -0.133. The first kappa shape index (κ1) is 16.2. The molecule has 1 heterocycles. The Morgan fingerprint density at radius 3 is 2.95 bits per heavy atom. The SMILES string of the molecule is CSCC(C)Cn1c(SCC(=O)O)nc2c(F)cccc21. The van der Waals surface area contributed by atoms with Crippen LogP contribution in [-0.2, 0) is 11.3 Å². The average molecular weight is 328 g/mol. The van der Waals surface area contributed by atoms with Gasteiger partial charge in [-0.2, -0.15) is 11.8 Å². The van der Waals surface area contributed by atoms with Crippen molar-refractivity contribution in [1.82, 2.24) is 9.55 Å². The molecule has 1 atom stereocenters. The van der Waals surface area contributed by atoms with Gasteiger partial charge in [0.2, 0.25) is 0 Å². The third-order valence-electron chi connectivity index (χ3n) is 2.96. The van der Waals surface area contributed by atoms with Crippen LogP contribution >= 0.6 is 23.5 Å². The summed E-state index contributed by atoms with van der Waals surface area (Å²) < 4.78 is 15.8. The molecule has 0 saturated heterocycles. The third kappa shape index (κ3) is 3.91. The number of nitrogens with zero attached hydrogens (tertiary/aromatic N) is 2. The van der Waals surface area contributed by atoms with Crippen LogP contribution < -0.4 is 0 Å². The van der Waals surface area contributed by atoms with E-state index >= 15 is 0 Å². The Morgan fingerprint density at radius 1 is 1.52 bits per heavy atom. The summed E-state index contributed by atoms with van der Waals surface area (Å²) in [7, 11) is 0. The fourth-order valence-electron chi connectivity index (χ4n) is 2.15. The second-order valence-corrected chi connectivity index (χ2v) is 6.71. The van der Waals surface area contributed by atoms with Gasteiger partial charge in [0.1, 0.15) is 5.52 Å². The molecule has 2 rings (SSSR count). The number of fused-ring (bicyclic) bond motifs is 1. The van der Waals surface area contributed by atoms with E-state index in [1.807, 2.05) is 16.9 Å². The maximum atomic E-state index is 13.9. The van der Waals surface area contributed by atoms with Crippen molar-refractivity contribution in [3.8, 4) is 0 Å². The average Bonchev–Trinajstić information content (AvgIpc) is 2.76. The second kappa shape index (κ2) is 7.17. The lowest BCUT2D eigenvalue weighted by Gasteiger charge is -2.13. The number of carboxylic acids is 1. The van der Waals surface area contributed by atoms with Crippen LogP contribution in [0.25, 0.3) is 11.0 Å². The molecule has 114 valence electrons. The van der Waals surface area contributed by atoms with Crippen molar-refractivity contribution in [2.24, 2.45) is 5.92 Å². The molecule has 0 saturated carbocycles. The van der Waals surface area contributed by atoms with Gasteiger partial charge in [-0.25, -0.2) is 9.37 Å². The van der Waals surface area contributed by atoms with E-state index in [9.17, 15) is 9.18 Å². The quantitative estimate of drug-likeness (QED) is 0.790. The summed E-state index contributed by atoms with van der Waals surface area (Å²) in [4.78, 5) is 15.0. The fraction of sp³-hybridized carbons (Fsp3) is 0.429. The normalized spacial score (nSPS) is 12.7. The van der Waals surface area contributed by atoms with E-state index in [4.69, 9.17) is 5.11 Å². The van der Waals surface area contributed by atoms with Crippen LogP contribution in [0.4, 0.5) is 4.39 Å². The van der Waals surface area contributed by atoms with Crippen molar-refractivity contribution in [3.05, 3.63) is 24.0 Å². The number of thioether (sulfide) groups is 2. The summed E-state index contributed by atoms with van der Waals surface area (Å²) in [5.41, 5.74) is 1.03. The van der Waals surface area contributed by atoms with Crippen LogP contribution in [0.2, 0.25) is 0 Å². The maximum Gasteiger partial charge on any atom is 0.313 e. The van der Waals surface area contributed by atoms with E-state index < -0.39 is 5.97 Å². The summed E-state index contributed by atoms with van der Waals surface area (Å²) >= 11 is 2.88. The Hall–Kier alpha value is -1.21. The number of carbonyl (C=O) groups is 1. The summed E-state index contributed by atoms with van der Waals surface area (Å²) in [6.07, 6.45) is 2.04. The highest BCUT2D eigenvalue weighted by Gasteiger charge is 2.16. The first-order valence-corrected chi connectivity index (χ1v) is 8.89. The van der Waals surface area contributed by atoms with Gasteiger partial charge in [-0.05, 0) is 30.1 Å². The molecule has 4 nitrogen and oxygen atoms in total. The standard InChI is InChI=1S/C14H17FN2O2S2/c1-9(7-20-2)6-17-11-5-3-4-10(15)13(11)16-14(17)21-8-12(18)19/h3-5,9H,6-8H2,1-2H3,(H,18,19). The number of imidazole rings is 1. The maximum absolute atomic E-state index is 13.9. The monoisotopic (exact) mass is 328 g/mol. The van der Waals surface area contributed by atoms with E-state index in [1.54, 1.807) is 17.8 Å². The number of benzene rings is 1. The first-order valence-electron chi connectivity index (χ1n) is 6.51. The summed E-state index contributed by atoms with van der Waals surface area (Å²) in [6, 6.07) is 4.85. The van der Waals surface area contributed by atoms with Gasteiger partial charge in [-0.3, -0.25) is 4.79 Å². The minimum Gasteiger partial charge on any atom is -0.481 e. The van der Waals surface area contributed by atoms with E-state index in [0.717, 1.165) is 23.0 Å². The van der Waals surface area contributed by atoms with Gasteiger partial charge in [0.15, 0.2) is 11.0 Å². The minimum atomic E-state index is -0.906. The molecule has 0 aliphatic heterocycles. The van der Waals surface area contributed by atoms with Gasteiger partial charge in [0, 0.05) is 6.54 Å². The van der Waals surface area contributed by atoms with Gasteiger partial charge in [0.25, 0.3) is 0 Å². The number of hydrogen-bond donors (Lipinski definition) is 1. The van der Waals surface area contributed by atoms with Gasteiger partial charge in [0.05, 0.1) is 11.3 Å². The number of aliphatic carboxylic acids is 1. The van der Waals surface area contributed by atoms with Crippen molar-refractivity contribution >= 4 is 40.5 Å². The molecule has 1 N–H and O–H groups in total. The molecule has 1 unspecified atom stereocenters. The summed E-state index contributed by atoms with van der Waals surface area (Å²) in [5.74, 6) is 0.0156. The highest BCUT2D eigenvalue weighted by molar-refractivity contribution is 7.99. The van der Waals surface area contributed by atoms with Crippen LogP contribution in [0.3, 0.4) is 0 Å². The first-order chi connectivity index (χ1) is 10.0. The molecule has 1 aromatic heterocycles. The molecule has 2 aromatic rings. The van der Waals surface area contributed by atoms with Gasteiger partial charge in [-0.1, -0.05) is 24.8 Å². The molecule has 0 aliphatic carbocycles. The number of halogens is 1. The molecule has 0 radical (unpaired) electrons. The zero-order valence-electron chi connectivity index (χ0n) is 11.9.